The van der Waals surface area contributed by atoms with Crippen molar-refractivity contribution in [3.63, 3.8) is 0 Å². The van der Waals surface area contributed by atoms with Crippen LogP contribution < -0.4 is 9.80 Å². The molecule has 2 aliphatic rings. The summed E-state index contributed by atoms with van der Waals surface area (Å²) < 4.78 is 5.09. The SMILES string of the molecule is C1=C2c3ccc(-n4c5ccccc5c5ccc(N(c6ccccc6)c6ccc(-c7ccccc7)cc6)cc54)cc3C(c3ccccc3)(c3ccccc3)C2CC(n2c3ccccc3c3ccc(N(c4ccccc4)c4ccc(-c5ccccc5)cc4)cc32)=C1. The van der Waals surface area contributed by atoms with E-state index in [9.17, 15) is 0 Å². The Balaban J connectivity index is 0.832. The number of benzene rings is 13. The first-order chi connectivity index (χ1) is 44.2. The number of para-hydroxylation sites is 4. The van der Waals surface area contributed by atoms with Gasteiger partial charge in [0, 0.05) is 73.0 Å². The number of anilines is 6. The predicted molar refractivity (Wildman–Crippen MR) is 374 cm³/mol. The zero-order chi connectivity index (χ0) is 58.8. The van der Waals surface area contributed by atoms with E-state index < -0.39 is 5.41 Å². The van der Waals surface area contributed by atoms with Crippen LogP contribution in [-0.2, 0) is 5.41 Å². The topological polar surface area (TPSA) is 16.3 Å². The lowest BCUT2D eigenvalue weighted by Gasteiger charge is -2.40. The second kappa shape index (κ2) is 21.5. The normalized spacial score (nSPS) is 14.1. The van der Waals surface area contributed by atoms with Crippen molar-refractivity contribution in [2.24, 2.45) is 5.92 Å². The highest BCUT2D eigenvalue weighted by Gasteiger charge is 2.53. The van der Waals surface area contributed by atoms with Crippen LogP contribution in [0.4, 0.5) is 34.1 Å². The van der Waals surface area contributed by atoms with Crippen molar-refractivity contribution in [1.29, 1.82) is 0 Å². The van der Waals surface area contributed by atoms with Crippen LogP contribution in [-0.4, -0.2) is 9.13 Å². The van der Waals surface area contributed by atoms with Crippen LogP contribution in [0.1, 0.15) is 28.7 Å². The fraction of sp³-hybridized carbons (Fsp3) is 0.0353. The number of aromatic nitrogens is 2. The quantitative estimate of drug-likeness (QED) is 0.121. The second-order valence-electron chi connectivity index (χ2n) is 23.6. The molecule has 0 fully saturated rings. The number of nitrogens with zero attached hydrogens (tertiary/aromatic N) is 4. The third kappa shape index (κ3) is 8.59. The molecule has 0 spiro atoms. The number of rotatable bonds is 12. The molecule has 0 aliphatic heterocycles. The highest BCUT2D eigenvalue weighted by Crippen LogP contribution is 2.61. The number of allylic oxidation sites excluding steroid dienone is 4. The summed E-state index contributed by atoms with van der Waals surface area (Å²) in [6.45, 7) is 0. The zero-order valence-electron chi connectivity index (χ0n) is 49.0. The standard InChI is InChI=1S/C85H60N4/c1-7-23-59(24-8-1)61-39-43-67(44-40-61)86(65-31-15-5-16-32-65)71-49-53-77-75-35-19-21-37-81(75)88(83(77)57-71)69-47-51-73-74-52-48-70(56-80(74)85(79(73)55-69,63-27-11-3-12-28-63)64-29-13-4-14-30-64)89-82-38-22-20-36-76(82)78-54-50-72(58-84(78)89)87(66-33-17-6-18-34-66)68-45-41-62(42-46-68)60-25-9-2-10-26-60/h1-55,57-58,80H,56H2. The molecule has 0 saturated carbocycles. The van der Waals surface area contributed by atoms with E-state index in [4.69, 9.17) is 0 Å². The van der Waals surface area contributed by atoms with E-state index in [0.717, 1.165) is 51.7 Å². The van der Waals surface area contributed by atoms with Crippen molar-refractivity contribution in [3.05, 3.63) is 368 Å². The van der Waals surface area contributed by atoms with Crippen LogP contribution in [0.3, 0.4) is 0 Å². The summed E-state index contributed by atoms with van der Waals surface area (Å²) >= 11 is 0. The first-order valence-electron chi connectivity index (χ1n) is 30.9. The van der Waals surface area contributed by atoms with Gasteiger partial charge in [-0.3, -0.25) is 0 Å². The van der Waals surface area contributed by atoms with Crippen LogP contribution in [0.5, 0.6) is 0 Å². The summed E-state index contributed by atoms with van der Waals surface area (Å²) in [5.74, 6) is 0.0401. The van der Waals surface area contributed by atoms with Crippen molar-refractivity contribution in [1.82, 2.24) is 9.13 Å². The second-order valence-corrected chi connectivity index (χ2v) is 23.6. The first-order valence-corrected chi connectivity index (χ1v) is 30.9. The van der Waals surface area contributed by atoms with Gasteiger partial charge in [0.1, 0.15) is 0 Å². The molecular formula is C85H60N4. The predicted octanol–water partition coefficient (Wildman–Crippen LogP) is 22.5. The van der Waals surface area contributed by atoms with Crippen LogP contribution in [0.25, 0.3) is 82.8 Å². The molecule has 2 aliphatic carbocycles. The third-order valence-corrected chi connectivity index (χ3v) is 18.8. The lowest BCUT2D eigenvalue weighted by atomic mass is 9.62. The van der Waals surface area contributed by atoms with E-state index in [2.05, 4.69) is 365 Å². The van der Waals surface area contributed by atoms with E-state index in [0.29, 0.717) is 0 Å². The molecule has 0 bridgehead atoms. The summed E-state index contributed by atoms with van der Waals surface area (Å²) in [5.41, 5.74) is 24.4. The number of fused-ring (bicyclic) bond motifs is 9. The Hall–Kier alpha value is -11.5. The van der Waals surface area contributed by atoms with Gasteiger partial charge in [0.25, 0.3) is 0 Å². The average Bonchev–Trinajstić information content (AvgIpc) is 1.56. The van der Waals surface area contributed by atoms with E-state index >= 15 is 0 Å². The number of hydrogen-bond donors (Lipinski definition) is 0. The summed E-state index contributed by atoms with van der Waals surface area (Å²) in [7, 11) is 0. The molecule has 15 aromatic rings. The molecule has 89 heavy (non-hydrogen) atoms. The third-order valence-electron chi connectivity index (χ3n) is 18.8. The molecule has 2 aromatic heterocycles. The first kappa shape index (κ1) is 51.9. The monoisotopic (exact) mass is 1140 g/mol. The van der Waals surface area contributed by atoms with Crippen LogP contribution in [0.2, 0.25) is 0 Å². The van der Waals surface area contributed by atoms with Crippen molar-refractivity contribution in [3.8, 4) is 27.9 Å². The van der Waals surface area contributed by atoms with E-state index in [1.807, 2.05) is 0 Å². The minimum Gasteiger partial charge on any atom is -0.313 e. The van der Waals surface area contributed by atoms with Gasteiger partial charge < -0.3 is 18.9 Å². The van der Waals surface area contributed by atoms with Gasteiger partial charge in [-0.1, -0.05) is 243 Å². The van der Waals surface area contributed by atoms with Crippen LogP contribution in [0.15, 0.2) is 346 Å². The van der Waals surface area contributed by atoms with Gasteiger partial charge in [0.15, 0.2) is 0 Å². The Morgan fingerprint density at radius 2 is 0.674 bits per heavy atom. The smallest absolute Gasteiger partial charge is 0.0561 e. The summed E-state index contributed by atoms with van der Waals surface area (Å²) in [6.07, 6.45) is 5.68. The fourth-order valence-electron chi connectivity index (χ4n) is 14.9. The van der Waals surface area contributed by atoms with E-state index in [1.54, 1.807) is 0 Å². The maximum atomic E-state index is 2.57. The molecule has 0 radical (unpaired) electrons. The van der Waals surface area contributed by atoms with Crippen molar-refractivity contribution in [2.45, 2.75) is 11.8 Å². The molecule has 2 heterocycles. The van der Waals surface area contributed by atoms with Crippen molar-refractivity contribution in [2.75, 3.05) is 9.80 Å². The van der Waals surface area contributed by atoms with E-state index in [1.165, 1.54) is 93.9 Å². The van der Waals surface area contributed by atoms with Crippen molar-refractivity contribution < 1.29 is 0 Å². The molecule has 0 saturated heterocycles. The lowest BCUT2D eigenvalue weighted by molar-refractivity contribution is 0.484. The fourth-order valence-corrected chi connectivity index (χ4v) is 14.9. The Morgan fingerprint density at radius 1 is 0.292 bits per heavy atom. The molecule has 1 atom stereocenters. The van der Waals surface area contributed by atoms with Gasteiger partial charge in [-0.2, -0.15) is 0 Å². The van der Waals surface area contributed by atoms with Crippen LogP contribution in [0, 0.1) is 5.92 Å². The van der Waals surface area contributed by atoms with Gasteiger partial charge in [-0.15, -0.1) is 0 Å². The molecule has 1 unspecified atom stereocenters. The molecule has 13 aromatic carbocycles. The summed E-state index contributed by atoms with van der Waals surface area (Å²) in [6, 6.07) is 123. The zero-order valence-corrected chi connectivity index (χ0v) is 49.0. The highest BCUT2D eigenvalue weighted by atomic mass is 15.2. The Bertz CT molecular complexity index is 5140. The molecular weight excluding hydrogens is 1080 g/mol. The molecule has 420 valence electrons. The van der Waals surface area contributed by atoms with Gasteiger partial charge in [-0.25, -0.2) is 0 Å². The molecule has 0 N–H and O–H groups in total. The van der Waals surface area contributed by atoms with Gasteiger partial charge >= 0.3 is 0 Å². The maximum Gasteiger partial charge on any atom is 0.0561 e. The molecule has 17 rings (SSSR count). The Labute approximate surface area is 518 Å². The van der Waals surface area contributed by atoms with E-state index in [-0.39, 0.29) is 5.92 Å². The molecule has 4 nitrogen and oxygen atoms in total. The lowest BCUT2D eigenvalue weighted by Crippen LogP contribution is -2.35. The average molecular weight is 1140 g/mol. The Kier molecular flexibility index (Phi) is 12.5. The summed E-state index contributed by atoms with van der Waals surface area (Å²) in [4.78, 5) is 4.78. The van der Waals surface area contributed by atoms with Gasteiger partial charge in [0.2, 0.25) is 0 Å². The minimum atomic E-state index is -0.570. The van der Waals surface area contributed by atoms with Gasteiger partial charge in [-0.05, 0) is 160 Å². The Morgan fingerprint density at radius 3 is 1.17 bits per heavy atom. The maximum absolute atomic E-state index is 2.57. The highest BCUT2D eigenvalue weighted by molar-refractivity contribution is 6.12. The van der Waals surface area contributed by atoms with Crippen molar-refractivity contribution >= 4 is 89.0 Å². The number of hydrogen-bond acceptors (Lipinski definition) is 2. The summed E-state index contributed by atoms with van der Waals surface area (Å²) in [5, 5.41) is 4.90. The minimum absolute atomic E-state index is 0.0401. The van der Waals surface area contributed by atoms with Crippen LogP contribution >= 0.6 is 0 Å². The van der Waals surface area contributed by atoms with Gasteiger partial charge in [0.05, 0.1) is 27.5 Å². The molecule has 0 amide bonds. The largest absolute Gasteiger partial charge is 0.313 e. The molecule has 4 heteroatoms.